The summed E-state index contributed by atoms with van der Waals surface area (Å²) in [6.07, 6.45) is -1.78. The van der Waals surface area contributed by atoms with Gasteiger partial charge < -0.3 is 0 Å². The van der Waals surface area contributed by atoms with Gasteiger partial charge in [0.1, 0.15) is 0 Å². The molecule has 4 heteroatoms. The van der Waals surface area contributed by atoms with Crippen LogP contribution >= 0.6 is 11.6 Å². The molecule has 0 amide bonds. The molecule has 1 nitrogen and oxygen atoms in total. The van der Waals surface area contributed by atoms with Gasteiger partial charge in [0.25, 0.3) is 6.43 Å². The van der Waals surface area contributed by atoms with Gasteiger partial charge in [-0.25, -0.2) is 8.78 Å². The Morgan fingerprint density at radius 1 is 1.06 bits per heavy atom. The first-order valence-corrected chi connectivity index (χ1v) is 5.63. The summed E-state index contributed by atoms with van der Waals surface area (Å²) in [6, 6.07) is 10.7. The molecular weight excluding hydrogens is 258 g/mol. The number of rotatable bonds is 3. The highest BCUT2D eigenvalue weighted by Crippen LogP contribution is 2.28. The van der Waals surface area contributed by atoms with Gasteiger partial charge in [-0.05, 0) is 29.3 Å². The van der Waals surface area contributed by atoms with Crippen molar-refractivity contribution < 1.29 is 13.6 Å². The van der Waals surface area contributed by atoms with Crippen LogP contribution in [0, 0.1) is 0 Å². The maximum absolute atomic E-state index is 12.4. The molecule has 0 fully saturated rings. The predicted molar refractivity (Wildman–Crippen MR) is 67.2 cm³/mol. The number of hydrogen-bond acceptors (Lipinski definition) is 1. The summed E-state index contributed by atoms with van der Waals surface area (Å²) in [5.74, 6) is 0. The highest BCUT2D eigenvalue weighted by molar-refractivity contribution is 6.31. The summed E-state index contributed by atoms with van der Waals surface area (Å²) >= 11 is 5.87. The van der Waals surface area contributed by atoms with E-state index in [4.69, 9.17) is 11.6 Å². The fourth-order valence-corrected chi connectivity index (χ4v) is 1.86. The van der Waals surface area contributed by atoms with E-state index in [1.807, 2.05) is 0 Å². The average Bonchev–Trinajstić information content (AvgIpc) is 2.39. The molecule has 0 saturated heterocycles. The number of alkyl halides is 2. The van der Waals surface area contributed by atoms with Crippen LogP contribution in [0.3, 0.4) is 0 Å². The summed E-state index contributed by atoms with van der Waals surface area (Å²) in [5, 5.41) is 0.494. The molecule has 0 atom stereocenters. The molecule has 2 aromatic rings. The fourth-order valence-electron chi connectivity index (χ4n) is 1.69. The quantitative estimate of drug-likeness (QED) is 0.732. The molecule has 18 heavy (non-hydrogen) atoms. The molecular formula is C14H9ClF2O. The highest BCUT2D eigenvalue weighted by Gasteiger charge is 2.09. The SMILES string of the molecule is O=Cc1ccc(Cl)cc1-c1ccc(C(F)F)cc1. The molecule has 0 heterocycles. The first kappa shape index (κ1) is 12.7. The van der Waals surface area contributed by atoms with Gasteiger partial charge >= 0.3 is 0 Å². The fraction of sp³-hybridized carbons (Fsp3) is 0.0714. The molecule has 0 N–H and O–H groups in total. The van der Waals surface area contributed by atoms with Crippen LogP contribution in [0.15, 0.2) is 42.5 Å². The van der Waals surface area contributed by atoms with Gasteiger partial charge in [-0.3, -0.25) is 4.79 Å². The molecule has 0 aliphatic heterocycles. The van der Waals surface area contributed by atoms with Crippen molar-refractivity contribution in [2.75, 3.05) is 0 Å². The van der Waals surface area contributed by atoms with Gasteiger partial charge in [0.05, 0.1) is 0 Å². The molecule has 0 aliphatic rings. The van der Waals surface area contributed by atoms with Crippen LogP contribution in [-0.4, -0.2) is 6.29 Å². The third-order valence-electron chi connectivity index (χ3n) is 2.62. The Balaban J connectivity index is 2.48. The lowest BCUT2D eigenvalue weighted by molar-refractivity contribution is 0.112. The van der Waals surface area contributed by atoms with Crippen molar-refractivity contribution in [1.82, 2.24) is 0 Å². The Morgan fingerprint density at radius 3 is 2.28 bits per heavy atom. The predicted octanol–water partition coefficient (Wildman–Crippen LogP) is 4.76. The van der Waals surface area contributed by atoms with Crippen LogP contribution in [0.4, 0.5) is 8.78 Å². The lowest BCUT2D eigenvalue weighted by Crippen LogP contribution is -1.89. The van der Waals surface area contributed by atoms with E-state index in [2.05, 4.69) is 0 Å². The molecule has 2 rings (SSSR count). The first-order valence-electron chi connectivity index (χ1n) is 5.25. The van der Waals surface area contributed by atoms with Crippen LogP contribution in [0.5, 0.6) is 0 Å². The molecule has 0 radical (unpaired) electrons. The van der Waals surface area contributed by atoms with Crippen molar-refractivity contribution in [3.63, 3.8) is 0 Å². The lowest BCUT2D eigenvalue weighted by atomic mass is 9.99. The lowest BCUT2D eigenvalue weighted by Gasteiger charge is -2.07. The topological polar surface area (TPSA) is 17.1 Å². The van der Waals surface area contributed by atoms with Crippen LogP contribution in [0.25, 0.3) is 11.1 Å². The molecule has 0 spiro atoms. The highest BCUT2D eigenvalue weighted by atomic mass is 35.5. The summed E-state index contributed by atoms with van der Waals surface area (Å²) < 4.78 is 24.9. The van der Waals surface area contributed by atoms with E-state index in [0.717, 1.165) is 0 Å². The Hall–Kier alpha value is -1.74. The minimum Gasteiger partial charge on any atom is -0.298 e. The minimum atomic E-state index is -2.50. The zero-order valence-corrected chi connectivity index (χ0v) is 9.99. The van der Waals surface area contributed by atoms with Crippen molar-refractivity contribution in [2.24, 2.45) is 0 Å². The van der Waals surface area contributed by atoms with Gasteiger partial charge in [0.2, 0.25) is 0 Å². The normalized spacial score (nSPS) is 10.7. The van der Waals surface area contributed by atoms with Crippen molar-refractivity contribution in [1.29, 1.82) is 0 Å². The molecule has 92 valence electrons. The zero-order valence-electron chi connectivity index (χ0n) is 9.24. The van der Waals surface area contributed by atoms with Crippen LogP contribution in [0.2, 0.25) is 5.02 Å². The summed E-state index contributed by atoms with van der Waals surface area (Å²) in [4.78, 5) is 10.9. The van der Waals surface area contributed by atoms with Crippen LogP contribution < -0.4 is 0 Å². The molecule has 0 saturated carbocycles. The molecule has 0 bridgehead atoms. The molecule has 0 unspecified atom stereocenters. The van der Waals surface area contributed by atoms with E-state index < -0.39 is 6.43 Å². The number of carbonyl (C=O) groups is 1. The number of hydrogen-bond donors (Lipinski definition) is 0. The monoisotopic (exact) mass is 266 g/mol. The number of carbonyl (C=O) groups excluding carboxylic acids is 1. The Labute approximate surface area is 108 Å². The molecule has 0 aromatic heterocycles. The van der Waals surface area contributed by atoms with Gasteiger partial charge in [0, 0.05) is 16.1 Å². The van der Waals surface area contributed by atoms with Gasteiger partial charge in [-0.2, -0.15) is 0 Å². The maximum atomic E-state index is 12.4. The summed E-state index contributed by atoms with van der Waals surface area (Å²) in [5.41, 5.74) is 1.75. The molecule has 0 aliphatic carbocycles. The number of halogens is 3. The Bertz CT molecular complexity index is 565. The van der Waals surface area contributed by atoms with Gasteiger partial charge in [-0.1, -0.05) is 35.9 Å². The van der Waals surface area contributed by atoms with E-state index in [9.17, 15) is 13.6 Å². The number of benzene rings is 2. The van der Waals surface area contributed by atoms with Crippen molar-refractivity contribution >= 4 is 17.9 Å². The minimum absolute atomic E-state index is 0.0477. The van der Waals surface area contributed by atoms with Crippen LogP contribution in [-0.2, 0) is 0 Å². The second-order valence-electron chi connectivity index (χ2n) is 3.77. The van der Waals surface area contributed by atoms with Crippen molar-refractivity contribution in [3.8, 4) is 11.1 Å². The van der Waals surface area contributed by atoms with Crippen molar-refractivity contribution in [2.45, 2.75) is 6.43 Å². The smallest absolute Gasteiger partial charge is 0.263 e. The molecule has 2 aromatic carbocycles. The third-order valence-corrected chi connectivity index (χ3v) is 2.85. The maximum Gasteiger partial charge on any atom is 0.263 e. The standard InChI is InChI=1S/C14H9ClF2O/c15-12-6-5-11(8-18)13(7-12)9-1-3-10(4-2-9)14(16)17/h1-8,14H. The van der Waals surface area contributed by atoms with E-state index in [-0.39, 0.29) is 5.56 Å². The summed E-state index contributed by atoms with van der Waals surface area (Å²) in [7, 11) is 0. The van der Waals surface area contributed by atoms with E-state index in [1.54, 1.807) is 30.3 Å². The van der Waals surface area contributed by atoms with Crippen molar-refractivity contribution in [3.05, 3.63) is 58.6 Å². The van der Waals surface area contributed by atoms with Gasteiger partial charge in [-0.15, -0.1) is 0 Å². The second kappa shape index (κ2) is 5.27. The Morgan fingerprint density at radius 2 is 1.72 bits per heavy atom. The van der Waals surface area contributed by atoms with Crippen LogP contribution in [0.1, 0.15) is 22.3 Å². The van der Waals surface area contributed by atoms with E-state index in [1.165, 1.54) is 12.1 Å². The number of aldehydes is 1. The second-order valence-corrected chi connectivity index (χ2v) is 4.21. The third kappa shape index (κ3) is 2.57. The Kier molecular flexibility index (Phi) is 3.72. The van der Waals surface area contributed by atoms with E-state index >= 15 is 0 Å². The largest absolute Gasteiger partial charge is 0.298 e. The summed E-state index contributed by atoms with van der Waals surface area (Å²) in [6.45, 7) is 0. The first-order chi connectivity index (χ1) is 8.61. The van der Waals surface area contributed by atoms with Gasteiger partial charge in [0.15, 0.2) is 6.29 Å². The van der Waals surface area contributed by atoms with E-state index in [0.29, 0.717) is 28.0 Å². The zero-order chi connectivity index (χ0) is 13.1. The average molecular weight is 267 g/mol.